The van der Waals surface area contributed by atoms with Crippen LogP contribution in [0.4, 0.5) is 0 Å². The Labute approximate surface area is 73.9 Å². The van der Waals surface area contributed by atoms with E-state index in [0.717, 1.165) is 6.42 Å². The molecule has 66 valence electrons. The minimum Gasteiger partial charge on any atom is -0.334 e. The number of imidazole rings is 1. The molecule has 0 N–H and O–H groups in total. The number of hydrogen-bond donors (Lipinski definition) is 0. The van der Waals surface area contributed by atoms with Gasteiger partial charge in [-0.15, -0.1) is 6.58 Å². The Kier molecular flexibility index (Phi) is 3.58. The van der Waals surface area contributed by atoms with Crippen LogP contribution >= 0.6 is 0 Å². The molecular formula is C10H16N2. The minimum atomic E-state index is 0.551. The molecular weight excluding hydrogens is 148 g/mol. The lowest BCUT2D eigenvalue weighted by atomic mass is 10.1. The molecule has 1 unspecified atom stereocenters. The van der Waals surface area contributed by atoms with Gasteiger partial charge in [0.2, 0.25) is 0 Å². The molecule has 1 aromatic rings. The predicted octanol–water partition coefficient (Wildman–Crippen LogP) is 2.80. The smallest absolute Gasteiger partial charge is 0.0948 e. The van der Waals surface area contributed by atoms with Gasteiger partial charge in [0.15, 0.2) is 0 Å². The van der Waals surface area contributed by atoms with Crippen LogP contribution in [0.3, 0.4) is 0 Å². The first kappa shape index (κ1) is 9.04. The van der Waals surface area contributed by atoms with Crippen molar-refractivity contribution in [2.24, 2.45) is 0 Å². The summed E-state index contributed by atoms with van der Waals surface area (Å²) < 4.78 is 2.16. The number of hydrogen-bond acceptors (Lipinski definition) is 1. The van der Waals surface area contributed by atoms with Crippen LogP contribution in [0.5, 0.6) is 0 Å². The van der Waals surface area contributed by atoms with E-state index in [1.807, 2.05) is 24.8 Å². The van der Waals surface area contributed by atoms with Crippen LogP contribution in [0, 0.1) is 0 Å². The first-order valence-corrected chi connectivity index (χ1v) is 4.46. The second kappa shape index (κ2) is 4.75. The normalized spacial score (nSPS) is 12.8. The number of allylic oxidation sites excluding steroid dienone is 1. The maximum absolute atomic E-state index is 4.04. The molecule has 0 aromatic carbocycles. The fraction of sp³-hybridized carbons (Fsp3) is 0.500. The van der Waals surface area contributed by atoms with Gasteiger partial charge in [-0.2, -0.15) is 0 Å². The van der Waals surface area contributed by atoms with E-state index in [1.165, 1.54) is 12.8 Å². The monoisotopic (exact) mass is 164 g/mol. The topological polar surface area (TPSA) is 17.8 Å². The van der Waals surface area contributed by atoms with Gasteiger partial charge in [0.25, 0.3) is 0 Å². The molecule has 0 bridgehead atoms. The summed E-state index contributed by atoms with van der Waals surface area (Å²) in [5.74, 6) is 0. The molecule has 2 heteroatoms. The Morgan fingerprint density at radius 2 is 2.50 bits per heavy atom. The summed E-state index contributed by atoms with van der Waals surface area (Å²) in [5, 5.41) is 0. The number of nitrogens with zero attached hydrogens (tertiary/aromatic N) is 2. The van der Waals surface area contributed by atoms with Crippen molar-refractivity contribution < 1.29 is 0 Å². The molecule has 0 radical (unpaired) electrons. The van der Waals surface area contributed by atoms with Gasteiger partial charge in [-0.3, -0.25) is 0 Å². The van der Waals surface area contributed by atoms with Crippen molar-refractivity contribution in [3.63, 3.8) is 0 Å². The van der Waals surface area contributed by atoms with Gasteiger partial charge < -0.3 is 4.57 Å². The molecule has 0 saturated carbocycles. The Morgan fingerprint density at radius 1 is 1.67 bits per heavy atom. The minimum absolute atomic E-state index is 0.551. The van der Waals surface area contributed by atoms with Gasteiger partial charge >= 0.3 is 0 Å². The molecule has 0 aliphatic heterocycles. The van der Waals surface area contributed by atoms with Crippen LogP contribution in [-0.2, 0) is 0 Å². The Hall–Kier alpha value is -1.05. The van der Waals surface area contributed by atoms with Crippen LogP contribution in [0.1, 0.15) is 32.2 Å². The lowest BCUT2D eigenvalue weighted by molar-refractivity contribution is 0.465. The van der Waals surface area contributed by atoms with Gasteiger partial charge in [-0.1, -0.05) is 19.4 Å². The van der Waals surface area contributed by atoms with Crippen molar-refractivity contribution in [2.75, 3.05) is 0 Å². The largest absolute Gasteiger partial charge is 0.334 e. The Morgan fingerprint density at radius 3 is 3.00 bits per heavy atom. The maximum Gasteiger partial charge on any atom is 0.0948 e. The molecule has 1 aromatic heterocycles. The first-order chi connectivity index (χ1) is 5.88. The van der Waals surface area contributed by atoms with Crippen molar-refractivity contribution in [2.45, 2.75) is 32.2 Å². The molecule has 0 amide bonds. The second-order valence-electron chi connectivity index (χ2n) is 2.98. The second-order valence-corrected chi connectivity index (χ2v) is 2.98. The zero-order chi connectivity index (χ0) is 8.81. The quantitative estimate of drug-likeness (QED) is 0.612. The third kappa shape index (κ3) is 2.22. The van der Waals surface area contributed by atoms with Crippen molar-refractivity contribution in [3.8, 4) is 0 Å². The standard InChI is InChI=1S/C10H16N2/c1-3-5-10(6-4-2)12-8-7-11-9-12/h3,7-10H,1,4-6H2,2H3. The van der Waals surface area contributed by atoms with Gasteiger partial charge in [0.05, 0.1) is 6.33 Å². The van der Waals surface area contributed by atoms with E-state index in [-0.39, 0.29) is 0 Å². The third-order valence-electron chi connectivity index (χ3n) is 2.01. The van der Waals surface area contributed by atoms with Gasteiger partial charge in [-0.25, -0.2) is 4.98 Å². The van der Waals surface area contributed by atoms with Crippen molar-refractivity contribution in [1.29, 1.82) is 0 Å². The van der Waals surface area contributed by atoms with E-state index < -0.39 is 0 Å². The molecule has 1 atom stereocenters. The highest BCUT2D eigenvalue weighted by Crippen LogP contribution is 2.17. The van der Waals surface area contributed by atoms with Gasteiger partial charge in [0.1, 0.15) is 0 Å². The summed E-state index contributed by atoms with van der Waals surface area (Å²) >= 11 is 0. The first-order valence-electron chi connectivity index (χ1n) is 4.46. The Bertz CT molecular complexity index is 214. The average Bonchev–Trinajstić information content (AvgIpc) is 2.56. The summed E-state index contributed by atoms with van der Waals surface area (Å²) in [6.07, 6.45) is 11.1. The summed E-state index contributed by atoms with van der Waals surface area (Å²) in [4.78, 5) is 4.04. The zero-order valence-electron chi connectivity index (χ0n) is 7.61. The summed E-state index contributed by atoms with van der Waals surface area (Å²) in [5.41, 5.74) is 0. The number of aromatic nitrogens is 2. The molecule has 0 spiro atoms. The highest BCUT2D eigenvalue weighted by Gasteiger charge is 2.05. The fourth-order valence-corrected chi connectivity index (χ4v) is 1.40. The summed E-state index contributed by atoms with van der Waals surface area (Å²) in [6.45, 7) is 5.96. The van der Waals surface area contributed by atoms with E-state index in [4.69, 9.17) is 0 Å². The van der Waals surface area contributed by atoms with E-state index in [9.17, 15) is 0 Å². The summed E-state index contributed by atoms with van der Waals surface area (Å²) in [6, 6.07) is 0.551. The molecule has 0 fully saturated rings. The predicted molar refractivity (Wildman–Crippen MR) is 51.0 cm³/mol. The van der Waals surface area contributed by atoms with E-state index >= 15 is 0 Å². The highest BCUT2D eigenvalue weighted by atomic mass is 15.0. The van der Waals surface area contributed by atoms with Gasteiger partial charge in [0, 0.05) is 18.4 Å². The molecule has 1 rings (SSSR count). The SMILES string of the molecule is C=CCC(CCC)n1ccnc1. The molecule has 0 aliphatic carbocycles. The van der Waals surface area contributed by atoms with Crippen LogP contribution in [0.15, 0.2) is 31.4 Å². The highest BCUT2D eigenvalue weighted by molar-refractivity contribution is 4.84. The average molecular weight is 164 g/mol. The zero-order valence-corrected chi connectivity index (χ0v) is 7.61. The molecule has 0 saturated heterocycles. The van der Waals surface area contributed by atoms with Crippen LogP contribution < -0.4 is 0 Å². The Balaban J connectivity index is 2.59. The van der Waals surface area contributed by atoms with E-state index in [0.29, 0.717) is 6.04 Å². The lowest BCUT2D eigenvalue weighted by Gasteiger charge is -2.14. The van der Waals surface area contributed by atoms with Crippen LogP contribution in [0.25, 0.3) is 0 Å². The van der Waals surface area contributed by atoms with Crippen molar-refractivity contribution in [1.82, 2.24) is 9.55 Å². The fourth-order valence-electron chi connectivity index (χ4n) is 1.40. The van der Waals surface area contributed by atoms with Crippen LogP contribution in [-0.4, -0.2) is 9.55 Å². The maximum atomic E-state index is 4.04. The van der Waals surface area contributed by atoms with E-state index in [2.05, 4.69) is 23.1 Å². The van der Waals surface area contributed by atoms with Gasteiger partial charge in [-0.05, 0) is 12.8 Å². The van der Waals surface area contributed by atoms with Crippen LogP contribution in [0.2, 0.25) is 0 Å². The third-order valence-corrected chi connectivity index (χ3v) is 2.01. The number of rotatable bonds is 5. The molecule has 0 aliphatic rings. The molecule has 12 heavy (non-hydrogen) atoms. The van der Waals surface area contributed by atoms with Crippen molar-refractivity contribution >= 4 is 0 Å². The molecule has 2 nitrogen and oxygen atoms in total. The van der Waals surface area contributed by atoms with E-state index in [1.54, 1.807) is 0 Å². The van der Waals surface area contributed by atoms with Crippen molar-refractivity contribution in [3.05, 3.63) is 31.4 Å². The summed E-state index contributed by atoms with van der Waals surface area (Å²) in [7, 11) is 0. The molecule has 1 heterocycles. The lowest BCUT2D eigenvalue weighted by Crippen LogP contribution is -2.05.